The standard InChI is InChI=1S/C56H103NO5/c1-4-7-10-13-16-19-22-25-27-30-32-35-38-41-44-47-52(62-56(61)49-46-43-40-37-34-29-24-21-18-15-12-9-6-3)50-55(60)57-53(51-58)54(59)48-45-42-39-36-33-31-28-26-23-20-17-14-11-8-5-2/h9,12,15,18,21,24,29,34,52-54,58-59H,4-8,10-11,13-14,16-17,19-20,22-23,25-28,30-33,35-51H2,1-3H3,(H,57,60)/b12-9+,18-15+,24-21-,34-29-. The van der Waals surface area contributed by atoms with Gasteiger partial charge in [-0.1, -0.05) is 262 Å². The van der Waals surface area contributed by atoms with E-state index in [-0.39, 0.29) is 24.9 Å². The summed E-state index contributed by atoms with van der Waals surface area (Å²) in [5.74, 6) is -0.509. The average molecular weight is 870 g/mol. The van der Waals surface area contributed by atoms with Gasteiger partial charge in [-0.15, -0.1) is 0 Å². The van der Waals surface area contributed by atoms with E-state index in [4.69, 9.17) is 4.74 Å². The van der Waals surface area contributed by atoms with Gasteiger partial charge in [0.05, 0.1) is 25.2 Å². The third kappa shape index (κ3) is 44.4. The van der Waals surface area contributed by atoms with Gasteiger partial charge in [0.2, 0.25) is 5.91 Å². The molecule has 0 spiro atoms. The lowest BCUT2D eigenvalue weighted by atomic mass is 10.0. The highest BCUT2D eigenvalue weighted by molar-refractivity contribution is 5.77. The molecule has 0 saturated carbocycles. The largest absolute Gasteiger partial charge is 0.462 e. The predicted molar refractivity (Wildman–Crippen MR) is 269 cm³/mol. The average Bonchev–Trinajstić information content (AvgIpc) is 3.26. The number of rotatable bonds is 48. The molecule has 0 aromatic rings. The number of nitrogens with one attached hydrogen (secondary N) is 1. The van der Waals surface area contributed by atoms with Crippen LogP contribution in [0.5, 0.6) is 0 Å². The van der Waals surface area contributed by atoms with Crippen LogP contribution < -0.4 is 5.32 Å². The Kier molecular flexibility index (Phi) is 48.1. The van der Waals surface area contributed by atoms with Gasteiger partial charge >= 0.3 is 5.97 Å². The number of hydrogen-bond acceptors (Lipinski definition) is 5. The lowest BCUT2D eigenvalue weighted by Gasteiger charge is -2.24. The second-order valence-electron chi connectivity index (χ2n) is 18.4. The van der Waals surface area contributed by atoms with Crippen molar-refractivity contribution in [1.82, 2.24) is 5.32 Å². The zero-order valence-electron chi connectivity index (χ0n) is 41.3. The summed E-state index contributed by atoms with van der Waals surface area (Å²) in [7, 11) is 0. The Bertz CT molecular complexity index is 1070. The Morgan fingerprint density at radius 1 is 0.484 bits per heavy atom. The highest BCUT2D eigenvalue weighted by atomic mass is 16.5. The van der Waals surface area contributed by atoms with Gasteiger partial charge in [0.15, 0.2) is 0 Å². The first-order chi connectivity index (χ1) is 30.5. The summed E-state index contributed by atoms with van der Waals surface area (Å²) in [4.78, 5) is 26.2. The first-order valence-corrected chi connectivity index (χ1v) is 26.9. The van der Waals surface area contributed by atoms with Crippen LogP contribution in [0.2, 0.25) is 0 Å². The highest BCUT2D eigenvalue weighted by Gasteiger charge is 2.24. The smallest absolute Gasteiger partial charge is 0.306 e. The molecule has 0 radical (unpaired) electrons. The van der Waals surface area contributed by atoms with Crippen LogP contribution in [-0.4, -0.2) is 46.9 Å². The summed E-state index contributed by atoms with van der Waals surface area (Å²) in [6, 6.07) is -0.708. The van der Waals surface area contributed by atoms with Crippen molar-refractivity contribution >= 4 is 11.9 Å². The minimum Gasteiger partial charge on any atom is -0.462 e. The summed E-state index contributed by atoms with van der Waals surface area (Å²) in [5, 5.41) is 23.8. The second kappa shape index (κ2) is 49.8. The normalized spacial score (nSPS) is 13.6. The van der Waals surface area contributed by atoms with Crippen molar-refractivity contribution in [2.45, 2.75) is 289 Å². The van der Waals surface area contributed by atoms with Crippen LogP contribution in [0.3, 0.4) is 0 Å². The Balaban J connectivity index is 4.58. The Labute approximate surface area is 385 Å². The van der Waals surface area contributed by atoms with E-state index in [0.29, 0.717) is 19.3 Å². The fourth-order valence-corrected chi connectivity index (χ4v) is 8.21. The molecule has 0 fully saturated rings. The first-order valence-electron chi connectivity index (χ1n) is 26.9. The molecule has 0 bridgehead atoms. The number of unbranched alkanes of at least 4 members (excludes halogenated alkanes) is 31. The molecule has 0 heterocycles. The maximum Gasteiger partial charge on any atom is 0.306 e. The van der Waals surface area contributed by atoms with E-state index in [1.54, 1.807) is 0 Å². The molecule has 1 amide bonds. The van der Waals surface area contributed by atoms with Crippen LogP contribution in [0.25, 0.3) is 0 Å². The molecule has 0 rings (SSSR count). The number of esters is 1. The van der Waals surface area contributed by atoms with Crippen molar-refractivity contribution in [3.63, 3.8) is 0 Å². The Morgan fingerprint density at radius 3 is 1.31 bits per heavy atom. The van der Waals surface area contributed by atoms with Crippen molar-refractivity contribution in [1.29, 1.82) is 0 Å². The van der Waals surface area contributed by atoms with Crippen molar-refractivity contribution in [3.8, 4) is 0 Å². The number of hydrogen-bond donors (Lipinski definition) is 3. The molecule has 0 aliphatic rings. The number of ether oxygens (including phenoxy) is 1. The van der Waals surface area contributed by atoms with Crippen LogP contribution in [0.15, 0.2) is 48.6 Å². The molecule has 0 aromatic heterocycles. The number of allylic oxidation sites excluding steroid dienone is 8. The van der Waals surface area contributed by atoms with Crippen LogP contribution in [0, 0.1) is 0 Å². The van der Waals surface area contributed by atoms with Crippen LogP contribution in [0.4, 0.5) is 0 Å². The fourth-order valence-electron chi connectivity index (χ4n) is 8.21. The molecule has 62 heavy (non-hydrogen) atoms. The van der Waals surface area contributed by atoms with Gasteiger partial charge in [-0.3, -0.25) is 9.59 Å². The molecule has 0 saturated heterocycles. The van der Waals surface area contributed by atoms with Crippen LogP contribution >= 0.6 is 0 Å². The number of aliphatic hydroxyl groups excluding tert-OH is 2. The zero-order chi connectivity index (χ0) is 45.2. The van der Waals surface area contributed by atoms with Gasteiger partial charge in [-0.2, -0.15) is 0 Å². The van der Waals surface area contributed by atoms with E-state index >= 15 is 0 Å². The molecule has 3 N–H and O–H groups in total. The summed E-state index contributed by atoms with van der Waals surface area (Å²) in [6.45, 7) is 6.36. The van der Waals surface area contributed by atoms with E-state index in [0.717, 1.165) is 64.2 Å². The highest BCUT2D eigenvalue weighted by Crippen LogP contribution is 2.18. The lowest BCUT2D eigenvalue weighted by Crippen LogP contribution is -2.46. The fraction of sp³-hybridized carbons (Fsp3) is 0.821. The Morgan fingerprint density at radius 2 is 0.871 bits per heavy atom. The molecule has 3 atom stereocenters. The molecule has 6 heteroatoms. The SMILES string of the molecule is CC/C=C/C=C/C=C\C=C/CCCCCC(=O)OC(CCCCCCCCCCCCCCCCC)CC(=O)NC(CO)C(O)CCCCCCCCCCCCCCCCC. The van der Waals surface area contributed by atoms with Crippen molar-refractivity contribution < 1.29 is 24.5 Å². The third-order valence-electron chi connectivity index (χ3n) is 12.3. The number of carbonyl (C=O) groups is 2. The summed E-state index contributed by atoms with van der Waals surface area (Å²) in [6.07, 6.45) is 60.3. The molecular formula is C56H103NO5. The number of carbonyl (C=O) groups excluding carboxylic acids is 2. The van der Waals surface area contributed by atoms with E-state index in [1.165, 1.54) is 161 Å². The second-order valence-corrected chi connectivity index (χ2v) is 18.4. The van der Waals surface area contributed by atoms with Crippen molar-refractivity contribution in [2.24, 2.45) is 0 Å². The molecule has 0 aliphatic heterocycles. The molecule has 0 aromatic carbocycles. The van der Waals surface area contributed by atoms with E-state index < -0.39 is 18.2 Å². The van der Waals surface area contributed by atoms with Gasteiger partial charge in [0, 0.05) is 6.42 Å². The molecule has 3 unspecified atom stereocenters. The van der Waals surface area contributed by atoms with E-state index in [2.05, 4.69) is 50.4 Å². The Hall–Kier alpha value is -2.18. The molecular weight excluding hydrogens is 767 g/mol. The minimum atomic E-state index is -0.793. The first kappa shape index (κ1) is 59.8. The van der Waals surface area contributed by atoms with Gasteiger partial charge in [-0.05, 0) is 44.9 Å². The van der Waals surface area contributed by atoms with Gasteiger partial charge in [0.1, 0.15) is 6.10 Å². The molecule has 362 valence electrons. The van der Waals surface area contributed by atoms with E-state index in [9.17, 15) is 19.8 Å². The van der Waals surface area contributed by atoms with E-state index in [1.807, 2.05) is 24.3 Å². The zero-order valence-corrected chi connectivity index (χ0v) is 41.3. The summed E-state index contributed by atoms with van der Waals surface area (Å²) in [5.41, 5.74) is 0. The molecule has 0 aliphatic carbocycles. The predicted octanol–water partition coefficient (Wildman–Crippen LogP) is 16.2. The summed E-state index contributed by atoms with van der Waals surface area (Å²) < 4.78 is 5.92. The number of aliphatic hydroxyl groups is 2. The topological polar surface area (TPSA) is 95.9 Å². The van der Waals surface area contributed by atoms with Gasteiger partial charge in [-0.25, -0.2) is 0 Å². The minimum absolute atomic E-state index is 0.0644. The lowest BCUT2D eigenvalue weighted by molar-refractivity contribution is -0.151. The van der Waals surface area contributed by atoms with Gasteiger partial charge in [0.25, 0.3) is 0 Å². The third-order valence-corrected chi connectivity index (χ3v) is 12.3. The maximum absolute atomic E-state index is 13.2. The molecule has 6 nitrogen and oxygen atoms in total. The van der Waals surface area contributed by atoms with Gasteiger partial charge < -0.3 is 20.3 Å². The quantitative estimate of drug-likeness (QED) is 0.0322. The van der Waals surface area contributed by atoms with Crippen molar-refractivity contribution in [3.05, 3.63) is 48.6 Å². The maximum atomic E-state index is 13.2. The van der Waals surface area contributed by atoms with Crippen LogP contribution in [0.1, 0.15) is 271 Å². The summed E-state index contributed by atoms with van der Waals surface area (Å²) >= 11 is 0. The number of amides is 1. The van der Waals surface area contributed by atoms with Crippen LogP contribution in [-0.2, 0) is 14.3 Å². The van der Waals surface area contributed by atoms with Crippen molar-refractivity contribution in [2.75, 3.05) is 6.61 Å². The monoisotopic (exact) mass is 870 g/mol.